The van der Waals surface area contributed by atoms with Crippen molar-refractivity contribution in [2.45, 2.75) is 31.7 Å². The molecule has 1 unspecified atom stereocenters. The van der Waals surface area contributed by atoms with Gasteiger partial charge in [0.05, 0.1) is 5.92 Å². The number of carbonyl (C=O) groups is 3. The Morgan fingerprint density at radius 3 is 2.68 bits per heavy atom. The average molecular weight is 352 g/mol. The van der Waals surface area contributed by atoms with Crippen molar-refractivity contribution in [3.05, 3.63) is 12.2 Å². The number of piperidine rings is 2. The third-order valence-electron chi connectivity index (χ3n) is 4.81. The van der Waals surface area contributed by atoms with Crippen molar-refractivity contribution in [1.29, 1.82) is 0 Å². The predicted molar refractivity (Wildman–Crippen MR) is 92.7 cm³/mol. The van der Waals surface area contributed by atoms with Crippen LogP contribution >= 0.6 is 0 Å². The maximum atomic E-state index is 12.4. The maximum absolute atomic E-state index is 12.4. The number of carboxylic acid groups (broad SMARTS) is 1. The standard InChI is InChI=1S/C17H28N4O4/c18-14(17(24)25)10-20-16(23)13-2-1-9-21(11-13)15(22)4-3-12-5-7-19-8-6-12/h3-4,12-14,19H,1-2,5-11,18H2,(H,20,23)(H,24,25)/b4-3+/t13-,14?/m1/s1. The number of hydrogen-bond donors (Lipinski definition) is 4. The van der Waals surface area contributed by atoms with Crippen molar-refractivity contribution in [1.82, 2.24) is 15.5 Å². The Morgan fingerprint density at radius 1 is 1.28 bits per heavy atom. The highest BCUT2D eigenvalue weighted by Crippen LogP contribution is 2.18. The fourth-order valence-electron chi connectivity index (χ4n) is 3.19. The minimum absolute atomic E-state index is 0.0572. The summed E-state index contributed by atoms with van der Waals surface area (Å²) >= 11 is 0. The zero-order valence-electron chi connectivity index (χ0n) is 14.4. The predicted octanol–water partition coefficient (Wildman–Crippen LogP) is -0.691. The molecule has 2 rings (SSSR count). The summed E-state index contributed by atoms with van der Waals surface area (Å²) in [5.41, 5.74) is 5.39. The second-order valence-electron chi connectivity index (χ2n) is 6.76. The van der Waals surface area contributed by atoms with E-state index < -0.39 is 12.0 Å². The van der Waals surface area contributed by atoms with E-state index in [0.717, 1.165) is 32.4 Å². The zero-order valence-corrected chi connectivity index (χ0v) is 14.4. The number of carbonyl (C=O) groups excluding carboxylic acids is 2. The zero-order chi connectivity index (χ0) is 18.2. The Hall–Kier alpha value is -1.93. The smallest absolute Gasteiger partial charge is 0.322 e. The molecule has 2 atom stereocenters. The van der Waals surface area contributed by atoms with Crippen LogP contribution in [0, 0.1) is 11.8 Å². The Balaban J connectivity index is 1.80. The molecule has 0 aromatic carbocycles. The number of nitrogens with zero attached hydrogens (tertiary/aromatic N) is 1. The molecule has 0 radical (unpaired) electrons. The fraction of sp³-hybridized carbons (Fsp3) is 0.706. The second-order valence-corrected chi connectivity index (χ2v) is 6.76. The molecule has 0 bridgehead atoms. The SMILES string of the molecule is NC(CNC(=O)[C@@H]1CCCN(C(=O)/C=C/C2CCNCC2)C1)C(=O)O. The van der Waals surface area contributed by atoms with Crippen molar-refractivity contribution < 1.29 is 19.5 Å². The Morgan fingerprint density at radius 2 is 2.00 bits per heavy atom. The molecule has 2 amide bonds. The number of allylic oxidation sites excluding steroid dienone is 1. The first-order valence-corrected chi connectivity index (χ1v) is 8.91. The molecule has 8 nitrogen and oxygen atoms in total. The molecule has 0 aromatic rings. The Kier molecular flexibility index (Phi) is 7.39. The topological polar surface area (TPSA) is 125 Å². The summed E-state index contributed by atoms with van der Waals surface area (Å²) in [6.07, 6.45) is 7.15. The molecule has 25 heavy (non-hydrogen) atoms. The van der Waals surface area contributed by atoms with E-state index >= 15 is 0 Å². The molecular weight excluding hydrogens is 324 g/mol. The van der Waals surface area contributed by atoms with Gasteiger partial charge in [-0.2, -0.15) is 0 Å². The molecule has 2 aliphatic rings. The van der Waals surface area contributed by atoms with Gasteiger partial charge in [-0.1, -0.05) is 6.08 Å². The molecule has 0 aromatic heterocycles. The van der Waals surface area contributed by atoms with Gasteiger partial charge in [0.15, 0.2) is 0 Å². The van der Waals surface area contributed by atoms with Crippen LogP contribution in [-0.4, -0.2) is 66.6 Å². The summed E-state index contributed by atoms with van der Waals surface area (Å²) < 4.78 is 0. The fourth-order valence-corrected chi connectivity index (χ4v) is 3.19. The van der Waals surface area contributed by atoms with Crippen molar-refractivity contribution in [2.24, 2.45) is 17.6 Å². The van der Waals surface area contributed by atoms with Gasteiger partial charge in [0.1, 0.15) is 6.04 Å². The van der Waals surface area contributed by atoms with Gasteiger partial charge in [-0.3, -0.25) is 14.4 Å². The van der Waals surface area contributed by atoms with Crippen molar-refractivity contribution in [2.75, 3.05) is 32.7 Å². The second kappa shape index (κ2) is 9.53. The largest absolute Gasteiger partial charge is 0.480 e. The number of likely N-dealkylation sites (tertiary alicyclic amines) is 1. The van der Waals surface area contributed by atoms with Crippen LogP contribution in [0.1, 0.15) is 25.7 Å². The summed E-state index contributed by atoms with van der Waals surface area (Å²) in [6.45, 7) is 2.87. The highest BCUT2D eigenvalue weighted by molar-refractivity contribution is 5.88. The normalized spacial score (nSPS) is 23.4. The van der Waals surface area contributed by atoms with E-state index in [1.807, 2.05) is 6.08 Å². The van der Waals surface area contributed by atoms with Crippen LogP contribution in [0.5, 0.6) is 0 Å². The lowest BCUT2D eigenvalue weighted by Gasteiger charge is -2.31. The number of hydrogen-bond acceptors (Lipinski definition) is 5. The quantitative estimate of drug-likeness (QED) is 0.469. The molecular formula is C17H28N4O4. The van der Waals surface area contributed by atoms with E-state index in [9.17, 15) is 14.4 Å². The Labute approximate surface area is 147 Å². The lowest BCUT2D eigenvalue weighted by atomic mass is 9.96. The average Bonchev–Trinajstić information content (AvgIpc) is 2.64. The molecule has 2 heterocycles. The third kappa shape index (κ3) is 6.13. The molecule has 0 saturated carbocycles. The van der Waals surface area contributed by atoms with Crippen LogP contribution in [0.2, 0.25) is 0 Å². The lowest BCUT2D eigenvalue weighted by Crippen LogP contribution is -2.48. The third-order valence-corrected chi connectivity index (χ3v) is 4.81. The van der Waals surface area contributed by atoms with E-state index in [1.165, 1.54) is 0 Å². The summed E-state index contributed by atoms with van der Waals surface area (Å²) in [6, 6.07) is -1.11. The van der Waals surface area contributed by atoms with Gasteiger partial charge < -0.3 is 26.4 Å². The van der Waals surface area contributed by atoms with Crippen LogP contribution < -0.4 is 16.4 Å². The summed E-state index contributed by atoms with van der Waals surface area (Å²) in [5, 5.41) is 14.6. The number of amides is 2. The summed E-state index contributed by atoms with van der Waals surface area (Å²) in [4.78, 5) is 36.9. The van der Waals surface area contributed by atoms with Gasteiger partial charge in [-0.05, 0) is 50.8 Å². The maximum Gasteiger partial charge on any atom is 0.322 e. The molecule has 2 aliphatic heterocycles. The number of nitrogens with one attached hydrogen (secondary N) is 2. The van der Waals surface area contributed by atoms with E-state index in [2.05, 4.69) is 10.6 Å². The molecule has 2 fully saturated rings. The van der Waals surface area contributed by atoms with Crippen LogP contribution in [0.25, 0.3) is 0 Å². The van der Waals surface area contributed by atoms with Gasteiger partial charge in [0, 0.05) is 19.6 Å². The van der Waals surface area contributed by atoms with Crippen molar-refractivity contribution >= 4 is 17.8 Å². The number of nitrogens with two attached hydrogens (primary N) is 1. The van der Waals surface area contributed by atoms with Gasteiger partial charge in [-0.15, -0.1) is 0 Å². The summed E-state index contributed by atoms with van der Waals surface area (Å²) in [7, 11) is 0. The highest BCUT2D eigenvalue weighted by atomic mass is 16.4. The first-order chi connectivity index (χ1) is 12.0. The van der Waals surface area contributed by atoms with Crippen LogP contribution in [0.3, 0.4) is 0 Å². The van der Waals surface area contributed by atoms with E-state index in [-0.39, 0.29) is 24.3 Å². The lowest BCUT2D eigenvalue weighted by molar-refractivity contribution is -0.138. The first-order valence-electron chi connectivity index (χ1n) is 8.91. The molecule has 140 valence electrons. The number of aliphatic carboxylic acids is 1. The molecule has 0 spiro atoms. The van der Waals surface area contributed by atoms with Crippen molar-refractivity contribution in [3.8, 4) is 0 Å². The van der Waals surface area contributed by atoms with E-state index in [1.54, 1.807) is 11.0 Å². The molecule has 2 saturated heterocycles. The van der Waals surface area contributed by atoms with Crippen LogP contribution in [0.15, 0.2) is 12.2 Å². The minimum atomic E-state index is -1.15. The van der Waals surface area contributed by atoms with Crippen molar-refractivity contribution in [3.63, 3.8) is 0 Å². The van der Waals surface area contributed by atoms with Gasteiger partial charge in [-0.25, -0.2) is 0 Å². The Bertz CT molecular complexity index is 517. The van der Waals surface area contributed by atoms with Gasteiger partial charge >= 0.3 is 5.97 Å². The van der Waals surface area contributed by atoms with Crippen LogP contribution in [0.4, 0.5) is 0 Å². The highest BCUT2D eigenvalue weighted by Gasteiger charge is 2.28. The van der Waals surface area contributed by atoms with E-state index in [4.69, 9.17) is 10.8 Å². The molecule has 5 N–H and O–H groups in total. The molecule has 8 heteroatoms. The molecule has 0 aliphatic carbocycles. The monoisotopic (exact) mass is 352 g/mol. The van der Waals surface area contributed by atoms with Gasteiger partial charge in [0.25, 0.3) is 0 Å². The number of rotatable bonds is 6. The first kappa shape index (κ1) is 19.4. The minimum Gasteiger partial charge on any atom is -0.480 e. The summed E-state index contributed by atoms with van der Waals surface area (Å²) in [5.74, 6) is -1.32. The van der Waals surface area contributed by atoms with Gasteiger partial charge in [0.2, 0.25) is 11.8 Å². The number of carboxylic acids is 1. The van der Waals surface area contributed by atoms with E-state index in [0.29, 0.717) is 25.4 Å². The van der Waals surface area contributed by atoms with Crippen LogP contribution in [-0.2, 0) is 14.4 Å².